The predicted octanol–water partition coefficient (Wildman–Crippen LogP) is 4.24. The molecule has 1 heterocycles. The van der Waals surface area contributed by atoms with Crippen molar-refractivity contribution in [2.45, 2.75) is 46.6 Å². The number of hydrogen-bond acceptors (Lipinski definition) is 7. The lowest BCUT2D eigenvalue weighted by atomic mass is 10.1. The molecule has 0 spiro atoms. The number of carbonyl (C=O) groups is 2. The lowest BCUT2D eigenvalue weighted by Gasteiger charge is -2.30. The van der Waals surface area contributed by atoms with E-state index in [9.17, 15) is 24.6 Å². The number of phenols is 1. The Hall–Kier alpha value is -2.21. The van der Waals surface area contributed by atoms with E-state index < -0.39 is 17.8 Å². The number of fused-ring (bicyclic) bond motifs is 1. The lowest BCUT2D eigenvalue weighted by molar-refractivity contribution is 0.0215. The largest absolute Gasteiger partial charge is 0.506 e. The van der Waals surface area contributed by atoms with Crippen LogP contribution in [0.2, 0.25) is 0 Å². The number of likely N-dealkylation sites (N-methyl/N-ethyl adjacent to an activating group) is 1. The first-order valence-electron chi connectivity index (χ1n) is 11.5. The minimum Gasteiger partial charge on any atom is -0.506 e. The van der Waals surface area contributed by atoms with Crippen molar-refractivity contribution in [3.05, 3.63) is 27.4 Å². The Bertz CT molecular complexity index is 1040. The van der Waals surface area contributed by atoms with Gasteiger partial charge in [-0.2, -0.15) is 0 Å². The molecule has 1 aromatic heterocycles. The zero-order chi connectivity index (χ0) is 25.5. The van der Waals surface area contributed by atoms with Gasteiger partial charge in [-0.1, -0.05) is 31.3 Å². The minimum absolute atomic E-state index is 0. The third kappa shape index (κ3) is 10.0. The van der Waals surface area contributed by atoms with Crippen LogP contribution in [0.4, 0.5) is 9.59 Å². The topological polar surface area (TPSA) is 126 Å². The molecule has 0 radical (unpaired) electrons. The number of thiazole rings is 1. The highest BCUT2D eigenvalue weighted by Crippen LogP contribution is 2.28. The Morgan fingerprint density at radius 2 is 1.58 bits per heavy atom. The van der Waals surface area contributed by atoms with Crippen LogP contribution < -0.4 is 4.87 Å². The van der Waals surface area contributed by atoms with Gasteiger partial charge in [-0.25, -0.2) is 9.59 Å². The van der Waals surface area contributed by atoms with Gasteiger partial charge in [0.1, 0.15) is 16.9 Å². The number of carboxylic acid groups (broad SMARTS) is 1. The number of aromatic nitrogens is 1. The van der Waals surface area contributed by atoms with Crippen LogP contribution in [0.3, 0.4) is 0 Å². The first-order chi connectivity index (χ1) is 15.9. The molecule has 0 saturated carbocycles. The Balaban J connectivity index is 0.00000612. The molecule has 1 aromatic carbocycles. The van der Waals surface area contributed by atoms with E-state index in [-0.39, 0.29) is 55.1 Å². The summed E-state index contributed by atoms with van der Waals surface area (Å²) >= 11 is 0.983. The Morgan fingerprint density at radius 1 is 1.00 bits per heavy atom. The van der Waals surface area contributed by atoms with Crippen LogP contribution in [0, 0.1) is 0 Å². The Kier molecular flexibility index (Phi) is 14.2. The highest BCUT2D eigenvalue weighted by molar-refractivity contribution is 7.16. The van der Waals surface area contributed by atoms with E-state index in [1.807, 2.05) is 0 Å². The second kappa shape index (κ2) is 15.1. The van der Waals surface area contributed by atoms with Gasteiger partial charge >= 0.3 is 17.1 Å². The molecule has 2 amide bonds. The molecule has 0 aliphatic rings. The number of aromatic hydroxyl groups is 1. The number of benzene rings is 1. The summed E-state index contributed by atoms with van der Waals surface area (Å²) in [6.45, 7) is 12.8. The monoisotopic (exact) mass is 568 g/mol. The second-order valence-corrected chi connectivity index (χ2v) is 9.96. The summed E-state index contributed by atoms with van der Waals surface area (Å²) in [5.41, 5.74) is 0.481. The zero-order valence-corrected chi connectivity index (χ0v) is 23.9. The quantitative estimate of drug-likeness (QED) is 0.370. The van der Waals surface area contributed by atoms with Gasteiger partial charge in [-0.3, -0.25) is 4.79 Å². The fraction of sp³-hybridized carbons (Fsp3) is 0.609. The van der Waals surface area contributed by atoms with Gasteiger partial charge in [-0.05, 0) is 51.9 Å². The third-order valence-corrected chi connectivity index (χ3v) is 6.39. The number of amides is 2. The summed E-state index contributed by atoms with van der Waals surface area (Å²) in [7, 11) is 0. The van der Waals surface area contributed by atoms with Crippen LogP contribution in [0.15, 0.2) is 16.9 Å². The normalized spacial score (nSPS) is 11.1. The number of ether oxygens (including phenoxy) is 1. The van der Waals surface area contributed by atoms with E-state index in [1.165, 1.54) is 11.0 Å². The molecule has 0 bridgehead atoms. The molecule has 0 unspecified atom stereocenters. The number of halogens is 2. The highest BCUT2D eigenvalue weighted by atomic mass is 35.5. The van der Waals surface area contributed by atoms with Crippen molar-refractivity contribution in [3.8, 4) is 5.75 Å². The van der Waals surface area contributed by atoms with Gasteiger partial charge in [0.15, 0.2) is 0 Å². The summed E-state index contributed by atoms with van der Waals surface area (Å²) < 4.78 is 6.15. The Labute approximate surface area is 228 Å². The predicted molar refractivity (Wildman–Crippen MR) is 148 cm³/mol. The highest BCUT2D eigenvalue weighted by Gasteiger charge is 2.24. The maximum absolute atomic E-state index is 12.8. The molecule has 10 nitrogen and oxygen atoms in total. The smallest absolute Gasteiger partial charge is 0.410 e. The summed E-state index contributed by atoms with van der Waals surface area (Å²) in [6, 6.07) is 3.18. The van der Waals surface area contributed by atoms with E-state index >= 15 is 0 Å². The summed E-state index contributed by atoms with van der Waals surface area (Å²) in [4.78, 5) is 43.7. The van der Waals surface area contributed by atoms with Crippen molar-refractivity contribution in [2.24, 2.45) is 0 Å². The van der Waals surface area contributed by atoms with Crippen molar-refractivity contribution in [2.75, 3.05) is 45.8 Å². The van der Waals surface area contributed by atoms with E-state index in [4.69, 9.17) is 4.74 Å². The lowest BCUT2D eigenvalue weighted by Crippen LogP contribution is -2.46. The molecule has 0 aliphatic heterocycles. The van der Waals surface area contributed by atoms with Gasteiger partial charge in [-0.15, -0.1) is 24.8 Å². The standard InChI is InChI=1S/C23H36N4O6S.2ClH/c1-6-25(7-2)12-13-27(22(32)33-23(3,4)5)15-14-26(21(30)31)11-10-16-8-9-17(28)18-19(16)34-20(29)24-18;;/h8-9,28H,6-7,10-15H2,1-5H3,(H,24,29)(H,30,31);2*1H. The van der Waals surface area contributed by atoms with Crippen LogP contribution in [-0.4, -0.2) is 93.5 Å². The molecule has 3 N–H and O–H groups in total. The molecule has 0 fully saturated rings. The van der Waals surface area contributed by atoms with Crippen molar-refractivity contribution in [1.29, 1.82) is 0 Å². The van der Waals surface area contributed by atoms with Crippen LogP contribution in [0.5, 0.6) is 5.75 Å². The fourth-order valence-electron chi connectivity index (χ4n) is 3.49. The van der Waals surface area contributed by atoms with Gasteiger partial charge in [0, 0.05) is 32.7 Å². The number of phenolic OH excluding ortho intramolecular Hbond substituents is 1. The first-order valence-corrected chi connectivity index (χ1v) is 12.3. The molecular formula is C23H38Cl2N4O6S. The molecule has 2 aromatic rings. The number of rotatable bonds is 11. The summed E-state index contributed by atoms with van der Waals surface area (Å²) in [6.07, 6.45) is -1.20. The van der Waals surface area contributed by atoms with E-state index in [0.717, 1.165) is 30.0 Å². The first kappa shape index (κ1) is 33.8. The third-order valence-electron chi connectivity index (χ3n) is 5.43. The number of H-pyrrole nitrogens is 1. The molecule has 2 rings (SSSR count). The molecular weight excluding hydrogens is 531 g/mol. The van der Waals surface area contributed by atoms with E-state index in [2.05, 4.69) is 23.7 Å². The maximum Gasteiger partial charge on any atom is 0.410 e. The maximum atomic E-state index is 12.8. The minimum atomic E-state index is -1.09. The SMILES string of the molecule is CCN(CC)CCN(CCN(CCc1ccc(O)c2[nH]c(=O)sc12)C(=O)O)C(=O)OC(C)(C)C.Cl.Cl. The fourth-order valence-corrected chi connectivity index (χ4v) is 4.39. The van der Waals surface area contributed by atoms with Crippen molar-refractivity contribution in [3.63, 3.8) is 0 Å². The van der Waals surface area contributed by atoms with Crippen LogP contribution in [0.1, 0.15) is 40.2 Å². The second-order valence-electron chi connectivity index (χ2n) is 8.98. The Morgan fingerprint density at radius 3 is 2.14 bits per heavy atom. The molecule has 0 saturated heterocycles. The number of nitrogens with one attached hydrogen (secondary N) is 1. The van der Waals surface area contributed by atoms with E-state index in [1.54, 1.807) is 31.7 Å². The van der Waals surface area contributed by atoms with Crippen molar-refractivity contribution < 1.29 is 24.5 Å². The molecule has 36 heavy (non-hydrogen) atoms. The molecule has 13 heteroatoms. The van der Waals surface area contributed by atoms with Gasteiger partial charge < -0.3 is 34.6 Å². The van der Waals surface area contributed by atoms with E-state index in [0.29, 0.717) is 29.7 Å². The molecule has 206 valence electrons. The zero-order valence-electron chi connectivity index (χ0n) is 21.4. The number of carbonyl (C=O) groups excluding carboxylic acids is 1. The summed E-state index contributed by atoms with van der Waals surface area (Å²) in [5.74, 6) is -0.0200. The average Bonchev–Trinajstić information content (AvgIpc) is 3.15. The van der Waals surface area contributed by atoms with Gasteiger partial charge in [0.25, 0.3) is 0 Å². The average molecular weight is 570 g/mol. The van der Waals surface area contributed by atoms with Crippen molar-refractivity contribution >= 4 is 58.6 Å². The van der Waals surface area contributed by atoms with Gasteiger partial charge in [0.05, 0.1) is 4.70 Å². The number of nitrogens with zero attached hydrogens (tertiary/aromatic N) is 3. The molecule has 0 atom stereocenters. The van der Waals surface area contributed by atoms with Crippen molar-refractivity contribution in [1.82, 2.24) is 19.7 Å². The number of hydrogen-bond donors (Lipinski definition) is 3. The van der Waals surface area contributed by atoms with Crippen LogP contribution >= 0.6 is 36.2 Å². The summed E-state index contributed by atoms with van der Waals surface area (Å²) in [5, 5.41) is 19.7. The van der Waals surface area contributed by atoms with Crippen LogP contribution in [-0.2, 0) is 11.2 Å². The van der Waals surface area contributed by atoms with Gasteiger partial charge in [0.2, 0.25) is 0 Å². The van der Waals surface area contributed by atoms with Crippen LogP contribution in [0.25, 0.3) is 10.2 Å². The number of aromatic amines is 1. The molecule has 0 aliphatic carbocycles.